The summed E-state index contributed by atoms with van der Waals surface area (Å²) < 4.78 is 33.8. The molecule has 0 bridgehead atoms. The number of hydrogen-bond acceptors (Lipinski definition) is 10. The van der Waals surface area contributed by atoms with Crippen molar-refractivity contribution in [1.82, 2.24) is 0 Å². The average Bonchev–Trinajstić information content (AvgIpc) is 2.67. The third-order valence-electron chi connectivity index (χ3n) is 2.69. The van der Waals surface area contributed by atoms with E-state index in [2.05, 4.69) is 22.6 Å². The van der Waals surface area contributed by atoms with E-state index in [1.165, 1.54) is 12.2 Å². The minimum absolute atomic E-state index is 0.00382. The summed E-state index contributed by atoms with van der Waals surface area (Å²) in [6.45, 7) is 10.6. The SMILES string of the molecule is C=CCOC(=O)OCCOCCOC(=O)OCC(C)(C)COC(=O)OCC=C. The lowest BCUT2D eigenvalue weighted by molar-refractivity contribution is -0.0155. The van der Waals surface area contributed by atoms with Crippen LogP contribution in [-0.4, -0.2) is 71.3 Å². The molecule has 0 aliphatic rings. The van der Waals surface area contributed by atoms with Crippen molar-refractivity contribution in [3.8, 4) is 0 Å². The first-order valence-corrected chi connectivity index (χ1v) is 8.49. The van der Waals surface area contributed by atoms with Crippen LogP contribution in [0.5, 0.6) is 0 Å². The van der Waals surface area contributed by atoms with E-state index in [1.807, 2.05) is 0 Å². The highest BCUT2D eigenvalue weighted by molar-refractivity contribution is 5.60. The molecule has 0 aromatic carbocycles. The molecular formula is C18H28O10. The maximum atomic E-state index is 11.5. The van der Waals surface area contributed by atoms with Crippen LogP contribution in [0.1, 0.15) is 13.8 Å². The predicted octanol–water partition coefficient (Wildman–Crippen LogP) is 2.86. The van der Waals surface area contributed by atoms with E-state index in [4.69, 9.17) is 23.7 Å². The fourth-order valence-electron chi connectivity index (χ4n) is 1.40. The van der Waals surface area contributed by atoms with Crippen molar-refractivity contribution in [3.05, 3.63) is 25.3 Å². The van der Waals surface area contributed by atoms with Crippen molar-refractivity contribution in [2.45, 2.75) is 13.8 Å². The number of rotatable bonds is 14. The highest BCUT2D eigenvalue weighted by atomic mass is 16.7. The van der Waals surface area contributed by atoms with Gasteiger partial charge < -0.3 is 33.2 Å². The van der Waals surface area contributed by atoms with Crippen LogP contribution in [0, 0.1) is 5.41 Å². The minimum atomic E-state index is -0.879. The zero-order chi connectivity index (χ0) is 21.3. The first-order chi connectivity index (χ1) is 13.3. The zero-order valence-electron chi connectivity index (χ0n) is 16.3. The number of hydrogen-bond donors (Lipinski definition) is 0. The van der Waals surface area contributed by atoms with Crippen LogP contribution in [0.2, 0.25) is 0 Å². The van der Waals surface area contributed by atoms with Crippen LogP contribution in [0.4, 0.5) is 14.4 Å². The highest BCUT2D eigenvalue weighted by Gasteiger charge is 2.23. The Morgan fingerprint density at radius 2 is 1.07 bits per heavy atom. The maximum Gasteiger partial charge on any atom is 0.508 e. The molecule has 0 aromatic rings. The third kappa shape index (κ3) is 15.5. The molecule has 10 nitrogen and oxygen atoms in total. The normalized spacial score (nSPS) is 10.4. The Morgan fingerprint density at radius 1 is 0.679 bits per heavy atom. The maximum absolute atomic E-state index is 11.5. The minimum Gasteiger partial charge on any atom is -0.434 e. The van der Waals surface area contributed by atoms with Crippen molar-refractivity contribution < 1.29 is 47.5 Å². The van der Waals surface area contributed by atoms with Crippen molar-refractivity contribution >= 4 is 18.5 Å². The molecule has 0 radical (unpaired) electrons. The number of ether oxygens (including phenoxy) is 7. The summed E-state index contributed by atoms with van der Waals surface area (Å²) in [4.78, 5) is 33.7. The second-order valence-electron chi connectivity index (χ2n) is 6.00. The van der Waals surface area contributed by atoms with Crippen molar-refractivity contribution in [1.29, 1.82) is 0 Å². The van der Waals surface area contributed by atoms with E-state index < -0.39 is 23.9 Å². The standard InChI is InChI=1S/C18H28O10/c1-5-7-23-15(19)25-11-9-22-10-12-26-17(21)28-14-18(3,4)13-27-16(20)24-8-6-2/h5-6H,1-2,7-14H2,3-4H3. The monoisotopic (exact) mass is 404 g/mol. The summed E-state index contributed by atoms with van der Waals surface area (Å²) in [6.07, 6.45) is 0.311. The fourth-order valence-corrected chi connectivity index (χ4v) is 1.40. The Morgan fingerprint density at radius 3 is 1.50 bits per heavy atom. The van der Waals surface area contributed by atoms with Gasteiger partial charge in [-0.15, -0.1) is 0 Å². The molecule has 0 unspecified atom stereocenters. The number of carbonyl (C=O) groups excluding carboxylic acids is 3. The van der Waals surface area contributed by atoms with Gasteiger partial charge in [0, 0.05) is 5.41 Å². The first-order valence-electron chi connectivity index (χ1n) is 8.49. The van der Waals surface area contributed by atoms with Gasteiger partial charge in [0.2, 0.25) is 0 Å². The van der Waals surface area contributed by atoms with Crippen molar-refractivity contribution in [2.75, 3.05) is 52.9 Å². The lowest BCUT2D eigenvalue weighted by Crippen LogP contribution is -2.29. The second-order valence-corrected chi connectivity index (χ2v) is 6.00. The van der Waals surface area contributed by atoms with Crippen LogP contribution < -0.4 is 0 Å². The summed E-state index contributed by atoms with van der Waals surface area (Å²) in [5.74, 6) is 0. The molecule has 0 N–H and O–H groups in total. The van der Waals surface area contributed by atoms with Crippen molar-refractivity contribution in [3.63, 3.8) is 0 Å². The van der Waals surface area contributed by atoms with Gasteiger partial charge in [0.05, 0.1) is 13.2 Å². The van der Waals surface area contributed by atoms with Crippen molar-refractivity contribution in [2.24, 2.45) is 5.41 Å². The number of carbonyl (C=O) groups is 3. The summed E-state index contributed by atoms with van der Waals surface area (Å²) in [7, 11) is 0. The Hall–Kier alpha value is -2.75. The molecular weight excluding hydrogens is 376 g/mol. The smallest absolute Gasteiger partial charge is 0.434 e. The van der Waals surface area contributed by atoms with E-state index in [9.17, 15) is 14.4 Å². The summed E-state index contributed by atoms with van der Waals surface area (Å²) in [6, 6.07) is 0. The molecule has 0 spiro atoms. The molecule has 0 atom stereocenters. The Kier molecular flexibility index (Phi) is 13.8. The van der Waals surface area contributed by atoms with Gasteiger partial charge in [-0.2, -0.15) is 0 Å². The Labute approximate surface area is 164 Å². The van der Waals surface area contributed by atoms with Gasteiger partial charge in [0.15, 0.2) is 0 Å². The molecule has 160 valence electrons. The first kappa shape index (κ1) is 25.2. The van der Waals surface area contributed by atoms with E-state index in [-0.39, 0.29) is 52.9 Å². The molecule has 0 aliphatic carbocycles. The topological polar surface area (TPSA) is 116 Å². The van der Waals surface area contributed by atoms with Gasteiger partial charge in [-0.1, -0.05) is 39.2 Å². The lowest BCUT2D eigenvalue weighted by atomic mass is 9.96. The van der Waals surface area contributed by atoms with E-state index >= 15 is 0 Å². The lowest BCUT2D eigenvalue weighted by Gasteiger charge is -2.23. The Balaban J connectivity index is 3.70. The average molecular weight is 404 g/mol. The molecule has 0 heterocycles. The zero-order valence-corrected chi connectivity index (χ0v) is 16.3. The molecule has 28 heavy (non-hydrogen) atoms. The van der Waals surface area contributed by atoms with Gasteiger partial charge in [0.1, 0.15) is 39.6 Å². The molecule has 0 aromatic heterocycles. The van der Waals surface area contributed by atoms with Gasteiger partial charge in [-0.25, -0.2) is 14.4 Å². The van der Waals surface area contributed by atoms with Gasteiger partial charge in [-0.05, 0) is 0 Å². The molecule has 0 fully saturated rings. The summed E-state index contributed by atoms with van der Waals surface area (Å²) >= 11 is 0. The molecule has 0 saturated heterocycles. The molecule has 0 saturated carbocycles. The second kappa shape index (κ2) is 15.3. The van der Waals surface area contributed by atoms with Gasteiger partial charge in [-0.3, -0.25) is 0 Å². The van der Waals surface area contributed by atoms with Crippen LogP contribution in [0.15, 0.2) is 25.3 Å². The van der Waals surface area contributed by atoms with Gasteiger partial charge in [0.25, 0.3) is 0 Å². The molecule has 10 heteroatoms. The largest absolute Gasteiger partial charge is 0.508 e. The van der Waals surface area contributed by atoms with Crippen LogP contribution in [0.3, 0.4) is 0 Å². The summed E-state index contributed by atoms with van der Waals surface area (Å²) in [5, 5.41) is 0. The van der Waals surface area contributed by atoms with E-state index in [1.54, 1.807) is 13.8 Å². The van der Waals surface area contributed by atoms with Crippen LogP contribution in [-0.2, 0) is 33.2 Å². The highest BCUT2D eigenvalue weighted by Crippen LogP contribution is 2.16. The van der Waals surface area contributed by atoms with Gasteiger partial charge >= 0.3 is 18.5 Å². The molecule has 0 aliphatic heterocycles. The Bertz CT molecular complexity index is 501. The third-order valence-corrected chi connectivity index (χ3v) is 2.69. The van der Waals surface area contributed by atoms with Crippen LogP contribution >= 0.6 is 0 Å². The fraction of sp³-hybridized carbons (Fsp3) is 0.611. The molecule has 0 rings (SSSR count). The molecule has 0 amide bonds. The predicted molar refractivity (Wildman–Crippen MR) is 96.9 cm³/mol. The quantitative estimate of drug-likeness (QED) is 0.185. The van der Waals surface area contributed by atoms with Crippen LogP contribution in [0.25, 0.3) is 0 Å². The summed E-state index contributed by atoms with van der Waals surface area (Å²) in [5.41, 5.74) is -0.625. The van der Waals surface area contributed by atoms with E-state index in [0.29, 0.717) is 0 Å². The van der Waals surface area contributed by atoms with E-state index in [0.717, 1.165) is 0 Å².